The molecule has 168 valence electrons. The van der Waals surface area contributed by atoms with Gasteiger partial charge in [-0.25, -0.2) is 4.57 Å². The van der Waals surface area contributed by atoms with Crippen LogP contribution < -0.4 is 20.4 Å². The van der Waals surface area contributed by atoms with Crippen molar-refractivity contribution >= 4 is 61.5 Å². The van der Waals surface area contributed by atoms with Gasteiger partial charge in [0.2, 0.25) is 0 Å². The van der Waals surface area contributed by atoms with E-state index in [-0.39, 0.29) is 0 Å². The first-order chi connectivity index (χ1) is 16.6. The molecule has 2 heterocycles. The van der Waals surface area contributed by atoms with Gasteiger partial charge in [-0.2, -0.15) is 4.40 Å². The van der Waals surface area contributed by atoms with Gasteiger partial charge in [-0.05, 0) is 40.4 Å². The van der Waals surface area contributed by atoms with Gasteiger partial charge < -0.3 is 0 Å². The van der Waals surface area contributed by atoms with Crippen molar-refractivity contribution < 1.29 is 4.40 Å². The molecular formula is C29H25BrN2PS+. The molecule has 2 aromatic heterocycles. The summed E-state index contributed by atoms with van der Waals surface area (Å²) in [5, 5.41) is 2.42. The summed E-state index contributed by atoms with van der Waals surface area (Å²) in [5.74, 6) is 0. The zero-order valence-corrected chi connectivity index (χ0v) is 22.2. The van der Waals surface area contributed by atoms with Crippen LogP contribution in [0.25, 0.3) is 11.7 Å². The Labute approximate surface area is 214 Å². The lowest BCUT2D eigenvalue weighted by Gasteiger charge is -2.21. The van der Waals surface area contributed by atoms with Crippen LogP contribution in [-0.2, 0) is 18.4 Å². The third-order valence-corrected chi connectivity index (χ3v) is 11.5. The van der Waals surface area contributed by atoms with Crippen molar-refractivity contribution in [2.24, 2.45) is 0 Å². The maximum absolute atomic E-state index is 6.69. The largest absolute Gasteiger partial charge is 0.287 e. The molecule has 5 rings (SSSR count). The summed E-state index contributed by atoms with van der Waals surface area (Å²) < 4.78 is 5.77. The molecule has 0 radical (unpaired) electrons. The number of aromatic nitrogens is 2. The minimum Gasteiger partial charge on any atom is -0.223 e. The summed E-state index contributed by atoms with van der Waals surface area (Å²) in [7, 11) is 0. The highest BCUT2D eigenvalue weighted by Gasteiger charge is 2.36. The molecule has 0 saturated carbocycles. The smallest absolute Gasteiger partial charge is 0.223 e. The lowest BCUT2D eigenvalue weighted by Crippen LogP contribution is -2.42. The van der Waals surface area contributed by atoms with E-state index in [1.165, 1.54) is 27.3 Å². The molecule has 3 aromatic carbocycles. The first-order valence-corrected chi connectivity index (χ1v) is 14.8. The maximum Gasteiger partial charge on any atom is 0.287 e. The summed E-state index contributed by atoms with van der Waals surface area (Å²) in [6.45, 7) is 2.98. The predicted octanol–water partition coefficient (Wildman–Crippen LogP) is 5.77. The lowest BCUT2D eigenvalue weighted by atomic mass is 10.2. The summed E-state index contributed by atoms with van der Waals surface area (Å²) in [6.07, 6.45) is 6.55. The molecule has 2 nitrogen and oxygen atoms in total. The SMILES string of the molecule is Cc1c(P(=S)(c2ccccc2)c2ccccc2)[n+]2ccccc2n1C/C=C/c1cccc(Br)c1. The number of hydrogen-bond acceptors (Lipinski definition) is 1. The van der Waals surface area contributed by atoms with E-state index in [2.05, 4.69) is 147 Å². The van der Waals surface area contributed by atoms with Gasteiger partial charge in [-0.3, -0.25) is 0 Å². The van der Waals surface area contributed by atoms with Gasteiger partial charge in [-0.15, -0.1) is 0 Å². The fourth-order valence-electron chi connectivity index (χ4n) is 4.48. The van der Waals surface area contributed by atoms with Crippen molar-refractivity contribution in [1.29, 1.82) is 0 Å². The fraction of sp³-hybridized carbons (Fsp3) is 0.0690. The molecule has 0 aliphatic heterocycles. The van der Waals surface area contributed by atoms with Gasteiger partial charge in [0, 0.05) is 17.5 Å². The van der Waals surface area contributed by atoms with E-state index in [1.807, 2.05) is 6.07 Å². The van der Waals surface area contributed by atoms with Gasteiger partial charge in [-0.1, -0.05) is 113 Å². The topological polar surface area (TPSA) is 9.03 Å². The van der Waals surface area contributed by atoms with E-state index in [4.69, 9.17) is 11.8 Å². The van der Waals surface area contributed by atoms with E-state index in [0.29, 0.717) is 0 Å². The second-order valence-corrected chi connectivity index (χ2v) is 13.4. The monoisotopic (exact) mass is 543 g/mol. The second kappa shape index (κ2) is 9.84. The number of halogens is 1. The molecule has 0 aliphatic rings. The average molecular weight is 544 g/mol. The number of imidazole rings is 1. The first kappa shape index (κ1) is 23.0. The lowest BCUT2D eigenvalue weighted by molar-refractivity contribution is -0.490. The van der Waals surface area contributed by atoms with Crippen LogP contribution in [0.1, 0.15) is 11.3 Å². The molecule has 5 aromatic rings. The van der Waals surface area contributed by atoms with Crippen LogP contribution in [0.5, 0.6) is 0 Å². The number of allylic oxidation sites excluding steroid dienone is 1. The van der Waals surface area contributed by atoms with Crippen molar-refractivity contribution in [3.05, 3.63) is 131 Å². The normalized spacial score (nSPS) is 11.9. The first-order valence-electron chi connectivity index (χ1n) is 11.2. The molecule has 0 amide bonds. The number of rotatable bonds is 6. The standard InChI is InChI=1S/C29H25BrN2PS/c1-23-29(33(34,26-15-4-2-5-16-26)27-17-6-3-7-18-27)32-20-9-8-19-28(32)31(23)21-11-13-24-12-10-14-25(30)22-24/h2-20,22H,21H2,1H3/q+1/b13-11+. The van der Waals surface area contributed by atoms with Gasteiger partial charge in [0.05, 0.1) is 12.2 Å². The minimum absolute atomic E-state index is 0.769. The molecule has 0 aliphatic carbocycles. The van der Waals surface area contributed by atoms with E-state index >= 15 is 0 Å². The predicted molar refractivity (Wildman–Crippen MR) is 152 cm³/mol. The Balaban J connectivity index is 1.69. The van der Waals surface area contributed by atoms with Crippen molar-refractivity contribution in [2.45, 2.75) is 13.5 Å². The molecule has 0 bridgehead atoms. The maximum atomic E-state index is 6.69. The highest BCUT2D eigenvalue weighted by molar-refractivity contribution is 9.10. The van der Waals surface area contributed by atoms with Crippen molar-refractivity contribution in [3.8, 4) is 0 Å². The zero-order valence-electron chi connectivity index (χ0n) is 18.9. The number of fused-ring (bicyclic) bond motifs is 1. The molecule has 0 saturated heterocycles. The summed E-state index contributed by atoms with van der Waals surface area (Å²) >= 11 is 10.2. The number of hydrogen-bond donors (Lipinski definition) is 0. The van der Waals surface area contributed by atoms with Gasteiger partial charge in [0.25, 0.3) is 5.65 Å². The van der Waals surface area contributed by atoms with Crippen LogP contribution >= 0.6 is 22.0 Å². The van der Waals surface area contributed by atoms with Crippen LogP contribution in [0.4, 0.5) is 0 Å². The number of pyridine rings is 1. The Bertz CT molecular complexity index is 1480. The van der Waals surface area contributed by atoms with E-state index in [9.17, 15) is 0 Å². The molecule has 0 fully saturated rings. The number of nitrogens with zero attached hydrogens (tertiary/aromatic N) is 2. The van der Waals surface area contributed by atoms with E-state index < -0.39 is 6.04 Å². The molecule has 0 N–H and O–H groups in total. The molecule has 0 spiro atoms. The van der Waals surface area contributed by atoms with Gasteiger partial charge in [0.15, 0.2) is 5.44 Å². The fourth-order valence-corrected chi connectivity index (χ4v) is 9.31. The quantitative estimate of drug-likeness (QED) is 0.195. The highest BCUT2D eigenvalue weighted by Crippen LogP contribution is 2.42. The second-order valence-electron chi connectivity index (χ2n) is 8.19. The Morgan fingerprint density at radius 2 is 1.50 bits per heavy atom. The van der Waals surface area contributed by atoms with Gasteiger partial charge in [0.1, 0.15) is 12.2 Å². The Hall–Kier alpha value is -2.78. The van der Waals surface area contributed by atoms with Crippen LogP contribution in [0.2, 0.25) is 0 Å². The van der Waals surface area contributed by atoms with Crippen LogP contribution in [-0.4, -0.2) is 4.57 Å². The van der Waals surface area contributed by atoms with Crippen molar-refractivity contribution in [1.82, 2.24) is 4.57 Å². The average Bonchev–Trinajstić information content (AvgIpc) is 3.16. The third kappa shape index (κ3) is 4.22. The van der Waals surface area contributed by atoms with Crippen LogP contribution in [0.3, 0.4) is 0 Å². The molecule has 34 heavy (non-hydrogen) atoms. The number of benzene rings is 3. The van der Waals surface area contributed by atoms with E-state index in [1.54, 1.807) is 0 Å². The third-order valence-electron chi connectivity index (χ3n) is 6.06. The highest BCUT2D eigenvalue weighted by atomic mass is 79.9. The van der Waals surface area contributed by atoms with Crippen LogP contribution in [0, 0.1) is 6.92 Å². The summed E-state index contributed by atoms with van der Waals surface area (Å²) in [4.78, 5) is 0. The minimum atomic E-state index is -2.29. The van der Waals surface area contributed by atoms with Crippen LogP contribution in [0.15, 0.2) is 120 Å². The van der Waals surface area contributed by atoms with Crippen molar-refractivity contribution in [2.75, 3.05) is 0 Å². The molecule has 0 unspecified atom stereocenters. The summed E-state index contributed by atoms with van der Waals surface area (Å²) in [5.41, 5.74) is 4.75. The van der Waals surface area contributed by atoms with E-state index in [0.717, 1.165) is 16.7 Å². The summed E-state index contributed by atoms with van der Waals surface area (Å²) in [6, 6.07) is 33.7. The zero-order chi connectivity index (χ0) is 23.5. The Kier molecular flexibility index (Phi) is 6.65. The Morgan fingerprint density at radius 1 is 0.853 bits per heavy atom. The molecule has 0 atom stereocenters. The van der Waals surface area contributed by atoms with Crippen molar-refractivity contribution in [3.63, 3.8) is 0 Å². The Morgan fingerprint density at radius 3 is 2.15 bits per heavy atom. The van der Waals surface area contributed by atoms with Gasteiger partial charge >= 0.3 is 0 Å². The molecular weight excluding hydrogens is 519 g/mol. The molecule has 5 heteroatoms.